The summed E-state index contributed by atoms with van der Waals surface area (Å²) in [7, 11) is 0. The predicted molar refractivity (Wildman–Crippen MR) is 131 cm³/mol. The molecular weight excluding hydrogens is 464 g/mol. The van der Waals surface area contributed by atoms with Crippen LogP contribution in [0, 0.1) is 0 Å². The number of carboxylic acid groups (broad SMARTS) is 1. The Bertz CT molecular complexity index is 1270. The first-order valence-corrected chi connectivity index (χ1v) is 11.0. The van der Waals surface area contributed by atoms with E-state index in [0.717, 1.165) is 33.9 Å². The molecule has 1 aliphatic rings. The van der Waals surface area contributed by atoms with Gasteiger partial charge in [0.25, 0.3) is 0 Å². The molecule has 1 atom stereocenters. The van der Waals surface area contributed by atoms with Crippen molar-refractivity contribution in [3.05, 3.63) is 98.8 Å². The van der Waals surface area contributed by atoms with Crippen molar-refractivity contribution in [2.75, 3.05) is 5.43 Å². The molecule has 1 unspecified atom stereocenters. The minimum Gasteiger partial charge on any atom is -0.478 e. The molecule has 8 heteroatoms. The summed E-state index contributed by atoms with van der Waals surface area (Å²) in [5.74, 6) is -1.02. The van der Waals surface area contributed by atoms with Crippen LogP contribution in [0.2, 0.25) is 10.0 Å². The normalized spacial score (nSPS) is 15.8. The van der Waals surface area contributed by atoms with E-state index in [9.17, 15) is 9.18 Å². The first-order chi connectivity index (χ1) is 15.9. The van der Waals surface area contributed by atoms with Crippen LogP contribution in [0.15, 0.2) is 60.8 Å². The first-order valence-electron chi connectivity index (χ1n) is 10.2. The van der Waals surface area contributed by atoms with Crippen LogP contribution in [0.5, 0.6) is 0 Å². The number of anilines is 1. The highest BCUT2D eigenvalue weighted by molar-refractivity contribution is 6.35. The van der Waals surface area contributed by atoms with Crippen molar-refractivity contribution in [2.24, 2.45) is 0 Å². The molecule has 4 rings (SSSR count). The van der Waals surface area contributed by atoms with Gasteiger partial charge in [0.15, 0.2) is 6.30 Å². The predicted octanol–water partition coefficient (Wildman–Crippen LogP) is 6.75. The van der Waals surface area contributed by atoms with Crippen molar-refractivity contribution in [3.63, 3.8) is 0 Å². The number of aromatic nitrogens is 1. The number of aliphatic carboxylic acids is 1. The van der Waals surface area contributed by atoms with E-state index in [1.54, 1.807) is 18.3 Å². The third-order valence-corrected chi connectivity index (χ3v) is 5.81. The van der Waals surface area contributed by atoms with Crippen molar-refractivity contribution < 1.29 is 14.3 Å². The standard InChI is InChI=1S/C25H20Cl2FN3O2/c1-2-18(24-20(27)12-17(26)13-29-24)23(15-6-3-14(4-7-15)5-10-22(32)33)16-8-9-21-19(11-16)25(28)31-30-21/h3-13,25,30-31H,2H2,1H3,(H,32,33)/b10-5+,23-18+. The second-order valence-electron chi connectivity index (χ2n) is 7.42. The van der Waals surface area contributed by atoms with E-state index < -0.39 is 12.3 Å². The lowest BCUT2D eigenvalue weighted by molar-refractivity contribution is -0.131. The molecule has 33 heavy (non-hydrogen) atoms. The average molecular weight is 484 g/mol. The molecule has 168 valence electrons. The number of carboxylic acids is 1. The van der Waals surface area contributed by atoms with Gasteiger partial charge in [-0.15, -0.1) is 0 Å². The molecule has 0 fully saturated rings. The van der Waals surface area contributed by atoms with Gasteiger partial charge >= 0.3 is 5.97 Å². The number of hydrogen-bond donors (Lipinski definition) is 3. The summed E-state index contributed by atoms with van der Waals surface area (Å²) in [6.07, 6.45) is 3.43. The Labute approximate surface area is 200 Å². The van der Waals surface area contributed by atoms with Crippen LogP contribution in [0.4, 0.5) is 10.1 Å². The molecule has 3 N–H and O–H groups in total. The topological polar surface area (TPSA) is 74.2 Å². The van der Waals surface area contributed by atoms with E-state index in [-0.39, 0.29) is 0 Å². The number of rotatable bonds is 6. The molecule has 0 aliphatic carbocycles. The van der Waals surface area contributed by atoms with Gasteiger partial charge in [-0.1, -0.05) is 60.5 Å². The fraction of sp³-hybridized carbons (Fsp3) is 0.120. The molecule has 0 saturated heterocycles. The Morgan fingerprint density at radius 3 is 2.55 bits per heavy atom. The smallest absolute Gasteiger partial charge is 0.328 e. The number of hydrazine groups is 1. The minimum absolute atomic E-state index is 0.422. The molecular formula is C25H20Cl2FN3O2. The Morgan fingerprint density at radius 1 is 1.15 bits per heavy atom. The van der Waals surface area contributed by atoms with Crippen LogP contribution in [-0.4, -0.2) is 16.1 Å². The summed E-state index contributed by atoms with van der Waals surface area (Å²) in [6.45, 7) is 2.00. The summed E-state index contributed by atoms with van der Waals surface area (Å²) in [4.78, 5) is 15.3. The summed E-state index contributed by atoms with van der Waals surface area (Å²) in [6, 6.07) is 14.6. The highest BCUT2D eigenvalue weighted by Crippen LogP contribution is 2.39. The molecule has 1 aromatic heterocycles. The maximum Gasteiger partial charge on any atom is 0.328 e. The zero-order valence-electron chi connectivity index (χ0n) is 17.6. The van der Waals surface area contributed by atoms with E-state index in [0.29, 0.717) is 33.4 Å². The lowest BCUT2D eigenvalue weighted by Gasteiger charge is -2.17. The SMILES string of the molecule is CC/C(=C(/c1ccc(/C=C/C(=O)O)cc1)c1ccc2c(c1)C(F)NN2)c1ncc(Cl)cc1Cl. The first kappa shape index (κ1) is 23.0. The van der Waals surface area contributed by atoms with Gasteiger partial charge < -0.3 is 10.5 Å². The van der Waals surface area contributed by atoms with Crippen molar-refractivity contribution in [3.8, 4) is 0 Å². The van der Waals surface area contributed by atoms with E-state index in [4.69, 9.17) is 28.3 Å². The molecule has 0 saturated carbocycles. The molecule has 0 bridgehead atoms. The van der Waals surface area contributed by atoms with Crippen molar-refractivity contribution in [2.45, 2.75) is 19.6 Å². The van der Waals surface area contributed by atoms with Crippen molar-refractivity contribution in [1.29, 1.82) is 0 Å². The summed E-state index contributed by atoms with van der Waals surface area (Å²) in [5.41, 5.74) is 11.3. The maximum absolute atomic E-state index is 14.4. The monoisotopic (exact) mass is 483 g/mol. The lowest BCUT2D eigenvalue weighted by Crippen LogP contribution is -2.14. The molecule has 0 amide bonds. The molecule has 2 aromatic carbocycles. The van der Waals surface area contributed by atoms with Gasteiger partial charge in [-0.05, 0) is 58.5 Å². The largest absolute Gasteiger partial charge is 0.478 e. The van der Waals surface area contributed by atoms with Crippen LogP contribution < -0.4 is 10.9 Å². The maximum atomic E-state index is 14.4. The second kappa shape index (κ2) is 9.75. The Hall–Kier alpha value is -3.19. The molecule has 2 heterocycles. The van der Waals surface area contributed by atoms with Crippen molar-refractivity contribution >= 4 is 52.1 Å². The number of alkyl halides is 1. The number of hydrogen-bond acceptors (Lipinski definition) is 4. The van der Waals surface area contributed by atoms with E-state index >= 15 is 0 Å². The van der Waals surface area contributed by atoms with Gasteiger partial charge in [-0.3, -0.25) is 4.98 Å². The van der Waals surface area contributed by atoms with E-state index in [2.05, 4.69) is 15.8 Å². The quantitative estimate of drug-likeness (QED) is 0.267. The highest BCUT2D eigenvalue weighted by Gasteiger charge is 2.23. The average Bonchev–Trinajstić information content (AvgIpc) is 3.17. The van der Waals surface area contributed by atoms with Gasteiger partial charge in [0.2, 0.25) is 0 Å². The lowest BCUT2D eigenvalue weighted by atomic mass is 9.88. The highest BCUT2D eigenvalue weighted by atomic mass is 35.5. The Kier molecular flexibility index (Phi) is 6.79. The number of nitrogens with zero attached hydrogens (tertiary/aromatic N) is 1. The second-order valence-corrected chi connectivity index (χ2v) is 8.26. The Balaban J connectivity index is 1.92. The van der Waals surface area contributed by atoms with Gasteiger partial charge in [-0.2, -0.15) is 0 Å². The number of halogens is 3. The van der Waals surface area contributed by atoms with Crippen LogP contribution in [0.3, 0.4) is 0 Å². The van der Waals surface area contributed by atoms with Crippen LogP contribution in [-0.2, 0) is 4.79 Å². The number of nitrogens with one attached hydrogen (secondary N) is 2. The van der Waals surface area contributed by atoms with Crippen LogP contribution >= 0.6 is 23.2 Å². The Morgan fingerprint density at radius 2 is 1.88 bits per heavy atom. The van der Waals surface area contributed by atoms with Gasteiger partial charge in [0.05, 0.1) is 21.4 Å². The zero-order chi connectivity index (χ0) is 23.5. The zero-order valence-corrected chi connectivity index (χ0v) is 19.1. The van der Waals surface area contributed by atoms with E-state index in [1.807, 2.05) is 43.3 Å². The number of fused-ring (bicyclic) bond motifs is 1. The van der Waals surface area contributed by atoms with Gasteiger partial charge in [0.1, 0.15) is 0 Å². The molecule has 1 aliphatic heterocycles. The van der Waals surface area contributed by atoms with Crippen LogP contribution in [0.25, 0.3) is 17.2 Å². The summed E-state index contributed by atoms with van der Waals surface area (Å²) >= 11 is 12.6. The van der Waals surface area contributed by atoms with Gasteiger partial charge in [-0.25, -0.2) is 14.6 Å². The number of carbonyl (C=O) groups is 1. The third-order valence-electron chi connectivity index (χ3n) is 5.31. The number of pyridine rings is 1. The third kappa shape index (κ3) is 4.93. The van der Waals surface area contributed by atoms with E-state index in [1.165, 1.54) is 6.08 Å². The molecule has 0 radical (unpaired) electrons. The molecule has 5 nitrogen and oxygen atoms in total. The summed E-state index contributed by atoms with van der Waals surface area (Å²) < 4.78 is 14.4. The minimum atomic E-state index is -1.33. The number of allylic oxidation sites excluding steroid dienone is 1. The fourth-order valence-corrected chi connectivity index (χ4v) is 4.30. The number of benzene rings is 2. The molecule has 0 spiro atoms. The van der Waals surface area contributed by atoms with Gasteiger partial charge in [0, 0.05) is 17.8 Å². The molecule has 3 aromatic rings. The summed E-state index contributed by atoms with van der Waals surface area (Å²) in [5, 5.41) is 9.73. The fourth-order valence-electron chi connectivity index (χ4n) is 3.80. The van der Waals surface area contributed by atoms with Crippen LogP contribution in [0.1, 0.15) is 47.6 Å². The van der Waals surface area contributed by atoms with Crippen molar-refractivity contribution in [1.82, 2.24) is 10.4 Å².